The number of hydrogen-bond acceptors (Lipinski definition) is 7. The Balaban J connectivity index is 1.88. The van der Waals surface area contributed by atoms with E-state index in [-0.39, 0.29) is 22.0 Å². The van der Waals surface area contributed by atoms with Crippen LogP contribution in [0, 0.1) is 17.0 Å². The lowest BCUT2D eigenvalue weighted by Crippen LogP contribution is -2.40. The number of nitrogens with one attached hydrogen (secondary N) is 1. The molecule has 0 fully saturated rings. The van der Waals surface area contributed by atoms with Gasteiger partial charge in [0, 0.05) is 12.1 Å². The van der Waals surface area contributed by atoms with Crippen molar-refractivity contribution in [2.75, 3.05) is 18.0 Å². The van der Waals surface area contributed by atoms with E-state index in [0.29, 0.717) is 11.3 Å². The predicted molar refractivity (Wildman–Crippen MR) is 132 cm³/mol. The van der Waals surface area contributed by atoms with Crippen molar-refractivity contribution >= 4 is 33.0 Å². The lowest BCUT2D eigenvalue weighted by molar-refractivity contribution is -0.384. The Morgan fingerprint density at radius 3 is 2.29 bits per heavy atom. The van der Waals surface area contributed by atoms with Gasteiger partial charge in [0.1, 0.15) is 12.3 Å². The Labute approximate surface area is 203 Å². The van der Waals surface area contributed by atoms with E-state index in [9.17, 15) is 23.3 Å². The van der Waals surface area contributed by atoms with Gasteiger partial charge in [-0.3, -0.25) is 19.2 Å². The summed E-state index contributed by atoms with van der Waals surface area (Å²) in [5.41, 5.74) is 4.32. The van der Waals surface area contributed by atoms with Crippen LogP contribution < -0.4 is 14.5 Å². The average Bonchev–Trinajstić information content (AvgIpc) is 2.86. The first-order valence-corrected chi connectivity index (χ1v) is 11.9. The number of non-ortho nitro benzene ring substituents is 1. The maximum absolute atomic E-state index is 13.5. The zero-order chi connectivity index (χ0) is 25.6. The second-order valence-corrected chi connectivity index (χ2v) is 9.40. The molecule has 0 radical (unpaired) electrons. The fourth-order valence-electron chi connectivity index (χ4n) is 3.17. The number of benzene rings is 3. The lowest BCUT2D eigenvalue weighted by Gasteiger charge is -2.25. The molecule has 0 aromatic heterocycles. The number of rotatable bonds is 9. The minimum Gasteiger partial charge on any atom is -0.495 e. The van der Waals surface area contributed by atoms with Crippen molar-refractivity contribution in [2.24, 2.45) is 5.10 Å². The predicted octanol–water partition coefficient (Wildman–Crippen LogP) is 3.65. The highest BCUT2D eigenvalue weighted by molar-refractivity contribution is 7.92. The number of ether oxygens (including phenoxy) is 1. The summed E-state index contributed by atoms with van der Waals surface area (Å²) in [5, 5.41) is 14.8. The number of nitro groups is 1. The number of para-hydroxylation sites is 2. The highest BCUT2D eigenvalue weighted by atomic mass is 32.2. The molecule has 0 aliphatic rings. The fourth-order valence-corrected chi connectivity index (χ4v) is 4.61. The highest BCUT2D eigenvalue weighted by Crippen LogP contribution is 2.32. The molecule has 11 heteroatoms. The largest absolute Gasteiger partial charge is 0.495 e. The van der Waals surface area contributed by atoms with Gasteiger partial charge in [0.2, 0.25) is 0 Å². The number of sulfonamides is 1. The molecule has 0 heterocycles. The number of hydrogen-bond donors (Lipinski definition) is 1. The van der Waals surface area contributed by atoms with Gasteiger partial charge in [0.25, 0.3) is 21.6 Å². The van der Waals surface area contributed by atoms with Crippen molar-refractivity contribution in [1.29, 1.82) is 0 Å². The summed E-state index contributed by atoms with van der Waals surface area (Å²) in [6.45, 7) is 2.89. The van der Waals surface area contributed by atoms with Crippen molar-refractivity contribution in [2.45, 2.75) is 18.7 Å². The molecular weight excluding hydrogens is 472 g/mol. The van der Waals surface area contributed by atoms with Crippen molar-refractivity contribution in [3.63, 3.8) is 0 Å². The van der Waals surface area contributed by atoms with Crippen LogP contribution in [0.4, 0.5) is 11.4 Å². The van der Waals surface area contributed by atoms with Crippen LogP contribution >= 0.6 is 0 Å². The van der Waals surface area contributed by atoms with Crippen LogP contribution in [0.1, 0.15) is 18.1 Å². The topological polar surface area (TPSA) is 131 Å². The third kappa shape index (κ3) is 6.01. The van der Waals surface area contributed by atoms with Gasteiger partial charge in [-0.1, -0.05) is 29.8 Å². The van der Waals surface area contributed by atoms with Crippen molar-refractivity contribution < 1.29 is 22.9 Å². The second kappa shape index (κ2) is 10.8. The number of hydrazone groups is 1. The number of amides is 1. The Hall–Kier alpha value is -4.25. The number of aryl methyl sites for hydroxylation is 1. The molecule has 3 aromatic rings. The van der Waals surface area contributed by atoms with Gasteiger partial charge in [-0.05, 0) is 55.8 Å². The molecule has 3 rings (SSSR count). The molecule has 0 unspecified atom stereocenters. The van der Waals surface area contributed by atoms with Crippen molar-refractivity contribution in [3.05, 3.63) is 94.0 Å². The first-order chi connectivity index (χ1) is 16.6. The average molecular weight is 497 g/mol. The molecule has 0 saturated heterocycles. The van der Waals surface area contributed by atoms with E-state index >= 15 is 0 Å². The SMILES string of the molecule is COc1ccccc1N(CC(=O)N/N=C(/C)c1ccc([N+](=O)[O-])cc1)S(=O)(=O)c1ccc(C)cc1. The van der Waals surface area contributed by atoms with Crippen LogP contribution in [0.5, 0.6) is 5.75 Å². The van der Waals surface area contributed by atoms with Gasteiger partial charge >= 0.3 is 0 Å². The van der Waals surface area contributed by atoms with E-state index in [1.165, 1.54) is 43.5 Å². The summed E-state index contributed by atoms with van der Waals surface area (Å²) in [6, 6.07) is 18.4. The van der Waals surface area contributed by atoms with Crippen LogP contribution in [-0.4, -0.2) is 38.6 Å². The molecular formula is C24H24N4O6S. The molecule has 0 aliphatic heterocycles. The second-order valence-electron chi connectivity index (χ2n) is 7.53. The van der Waals surface area contributed by atoms with Gasteiger partial charge in [-0.2, -0.15) is 5.10 Å². The molecule has 182 valence electrons. The number of carbonyl (C=O) groups excluding carboxylic acids is 1. The first-order valence-electron chi connectivity index (χ1n) is 10.4. The molecule has 10 nitrogen and oxygen atoms in total. The van der Waals surface area contributed by atoms with Crippen molar-refractivity contribution in [1.82, 2.24) is 5.43 Å². The van der Waals surface area contributed by atoms with E-state index in [1.54, 1.807) is 43.3 Å². The smallest absolute Gasteiger partial charge is 0.269 e. The molecule has 0 saturated carbocycles. The fraction of sp³-hybridized carbons (Fsp3) is 0.167. The highest BCUT2D eigenvalue weighted by Gasteiger charge is 2.29. The summed E-state index contributed by atoms with van der Waals surface area (Å²) >= 11 is 0. The molecule has 0 bridgehead atoms. The standard InChI is InChI=1S/C24H24N4O6S/c1-17-8-14-21(15-9-17)35(32,33)27(22-6-4-5-7-23(22)34-3)16-24(29)26-25-18(2)19-10-12-20(13-11-19)28(30)31/h4-15H,16H2,1-3H3,(H,26,29)/b25-18-. The Morgan fingerprint density at radius 2 is 1.69 bits per heavy atom. The van der Waals surface area contributed by atoms with E-state index in [1.807, 2.05) is 6.92 Å². The minimum atomic E-state index is -4.12. The Kier molecular flexibility index (Phi) is 7.82. The van der Waals surface area contributed by atoms with E-state index in [2.05, 4.69) is 10.5 Å². The minimum absolute atomic E-state index is 0.0207. The van der Waals surface area contributed by atoms with Gasteiger partial charge in [-0.15, -0.1) is 0 Å². The summed E-state index contributed by atoms with van der Waals surface area (Å²) in [5.74, 6) is -0.408. The number of nitrogens with zero attached hydrogens (tertiary/aromatic N) is 3. The third-order valence-electron chi connectivity index (χ3n) is 5.09. The molecule has 3 aromatic carbocycles. The van der Waals surface area contributed by atoms with Crippen molar-refractivity contribution in [3.8, 4) is 5.75 Å². The molecule has 0 spiro atoms. The van der Waals surface area contributed by atoms with E-state index < -0.39 is 27.4 Å². The first kappa shape index (κ1) is 25.4. The lowest BCUT2D eigenvalue weighted by atomic mass is 10.1. The number of anilines is 1. The monoisotopic (exact) mass is 496 g/mol. The molecule has 1 amide bonds. The van der Waals surface area contributed by atoms with Crippen LogP contribution in [0.25, 0.3) is 0 Å². The molecule has 1 N–H and O–H groups in total. The van der Waals surface area contributed by atoms with Gasteiger partial charge in [0.05, 0.1) is 28.3 Å². The summed E-state index contributed by atoms with van der Waals surface area (Å²) in [4.78, 5) is 23.1. The van der Waals surface area contributed by atoms with Gasteiger partial charge in [0.15, 0.2) is 0 Å². The number of nitro benzene ring substituents is 1. The number of methoxy groups -OCH3 is 1. The maximum Gasteiger partial charge on any atom is 0.269 e. The van der Waals surface area contributed by atoms with Crippen LogP contribution in [0.15, 0.2) is 82.8 Å². The summed E-state index contributed by atoms with van der Waals surface area (Å²) in [7, 11) is -2.71. The normalized spacial score (nSPS) is 11.6. The van der Waals surface area contributed by atoms with Gasteiger partial charge < -0.3 is 4.74 Å². The molecule has 0 atom stereocenters. The zero-order valence-corrected chi connectivity index (χ0v) is 20.2. The third-order valence-corrected chi connectivity index (χ3v) is 6.87. The van der Waals surface area contributed by atoms with Crippen LogP contribution in [-0.2, 0) is 14.8 Å². The zero-order valence-electron chi connectivity index (χ0n) is 19.3. The molecule has 35 heavy (non-hydrogen) atoms. The molecule has 0 aliphatic carbocycles. The van der Waals surface area contributed by atoms with E-state index in [0.717, 1.165) is 9.87 Å². The Bertz CT molecular complexity index is 1350. The number of carbonyl (C=O) groups is 1. The van der Waals surface area contributed by atoms with Crippen LogP contribution in [0.2, 0.25) is 0 Å². The van der Waals surface area contributed by atoms with E-state index in [4.69, 9.17) is 4.74 Å². The van der Waals surface area contributed by atoms with Crippen LogP contribution in [0.3, 0.4) is 0 Å². The summed E-state index contributed by atoms with van der Waals surface area (Å²) in [6.07, 6.45) is 0. The maximum atomic E-state index is 13.5. The quantitative estimate of drug-likeness (QED) is 0.273. The Morgan fingerprint density at radius 1 is 1.06 bits per heavy atom. The van der Waals surface area contributed by atoms with Gasteiger partial charge in [-0.25, -0.2) is 13.8 Å². The summed E-state index contributed by atoms with van der Waals surface area (Å²) < 4.78 is 33.3.